The van der Waals surface area contributed by atoms with Crippen LogP contribution in [0.5, 0.6) is 5.75 Å². The average Bonchev–Trinajstić information content (AvgIpc) is 2.78. The lowest BCUT2D eigenvalue weighted by molar-refractivity contribution is -0.141. The highest BCUT2D eigenvalue weighted by Gasteiger charge is 2.34. The summed E-state index contributed by atoms with van der Waals surface area (Å²) >= 11 is 0. The van der Waals surface area contributed by atoms with Crippen molar-refractivity contribution in [3.63, 3.8) is 0 Å². The van der Waals surface area contributed by atoms with Gasteiger partial charge >= 0.3 is 5.97 Å². The van der Waals surface area contributed by atoms with Gasteiger partial charge in [-0.25, -0.2) is 0 Å². The number of aryl methyl sites for hydroxylation is 1. The first-order valence-electron chi connectivity index (χ1n) is 5.71. The smallest absolute Gasteiger partial charge is 0.308 e. The van der Waals surface area contributed by atoms with E-state index in [4.69, 9.17) is 9.84 Å². The normalized spacial score (nSPS) is 23.6. The van der Waals surface area contributed by atoms with Gasteiger partial charge in [-0.2, -0.15) is 0 Å². The van der Waals surface area contributed by atoms with Gasteiger partial charge in [0.1, 0.15) is 5.75 Å². The lowest BCUT2D eigenvalue weighted by Gasteiger charge is -2.16. The molecule has 17 heavy (non-hydrogen) atoms. The Bertz CT molecular complexity index is 431. The predicted molar refractivity (Wildman–Crippen MR) is 64.5 cm³/mol. The highest BCUT2D eigenvalue weighted by molar-refractivity contribution is 5.72. The maximum atomic E-state index is 11.1. The van der Waals surface area contributed by atoms with Crippen LogP contribution in [0.1, 0.15) is 17.0 Å². The average molecular weight is 235 g/mol. The fourth-order valence-electron chi connectivity index (χ4n) is 2.36. The van der Waals surface area contributed by atoms with Crippen molar-refractivity contribution in [2.75, 3.05) is 20.2 Å². The molecule has 1 aromatic carbocycles. The van der Waals surface area contributed by atoms with E-state index in [9.17, 15) is 4.79 Å². The Labute approximate surface area is 101 Å². The van der Waals surface area contributed by atoms with Crippen LogP contribution in [0.15, 0.2) is 18.2 Å². The van der Waals surface area contributed by atoms with Crippen LogP contribution in [0, 0.1) is 12.8 Å². The summed E-state index contributed by atoms with van der Waals surface area (Å²) in [5, 5.41) is 12.3. The van der Waals surface area contributed by atoms with Crippen LogP contribution >= 0.6 is 0 Å². The van der Waals surface area contributed by atoms with E-state index in [1.165, 1.54) is 0 Å². The number of benzene rings is 1. The molecule has 1 aliphatic rings. The molecule has 0 radical (unpaired) electrons. The standard InChI is InChI=1S/C13H17NO3/c1-8-3-4-9(5-12(8)17-2)10-6-14-7-11(10)13(15)16/h3-5,10-11,14H,6-7H2,1-2H3,(H,15,16). The topological polar surface area (TPSA) is 58.6 Å². The van der Waals surface area contributed by atoms with E-state index in [1.54, 1.807) is 7.11 Å². The monoisotopic (exact) mass is 235 g/mol. The summed E-state index contributed by atoms with van der Waals surface area (Å²) in [5.74, 6) is -0.234. The molecule has 1 fully saturated rings. The number of hydrogen-bond donors (Lipinski definition) is 2. The molecule has 0 aliphatic carbocycles. The summed E-state index contributed by atoms with van der Waals surface area (Å²) in [6.07, 6.45) is 0. The lowest BCUT2D eigenvalue weighted by Crippen LogP contribution is -2.21. The lowest BCUT2D eigenvalue weighted by atomic mass is 9.88. The molecule has 0 spiro atoms. The number of nitrogens with one attached hydrogen (secondary N) is 1. The molecule has 0 amide bonds. The second kappa shape index (κ2) is 4.75. The Hall–Kier alpha value is -1.55. The zero-order chi connectivity index (χ0) is 12.4. The van der Waals surface area contributed by atoms with E-state index in [0.29, 0.717) is 13.1 Å². The number of methoxy groups -OCH3 is 1. The van der Waals surface area contributed by atoms with Crippen molar-refractivity contribution in [3.05, 3.63) is 29.3 Å². The Balaban J connectivity index is 2.30. The number of aliphatic carboxylic acids is 1. The van der Waals surface area contributed by atoms with Crippen molar-refractivity contribution in [2.45, 2.75) is 12.8 Å². The quantitative estimate of drug-likeness (QED) is 0.831. The largest absolute Gasteiger partial charge is 0.496 e. The Morgan fingerprint density at radius 1 is 1.47 bits per heavy atom. The van der Waals surface area contributed by atoms with E-state index < -0.39 is 5.97 Å². The van der Waals surface area contributed by atoms with Crippen molar-refractivity contribution in [1.29, 1.82) is 0 Å². The second-order valence-electron chi connectivity index (χ2n) is 4.44. The van der Waals surface area contributed by atoms with Crippen LogP contribution in [0.3, 0.4) is 0 Å². The van der Waals surface area contributed by atoms with Gasteiger partial charge in [0, 0.05) is 19.0 Å². The van der Waals surface area contributed by atoms with Gasteiger partial charge < -0.3 is 15.2 Å². The van der Waals surface area contributed by atoms with Crippen LogP contribution in [-0.4, -0.2) is 31.3 Å². The van der Waals surface area contributed by atoms with Crippen LogP contribution in [0.25, 0.3) is 0 Å². The minimum absolute atomic E-state index is 0.0296. The van der Waals surface area contributed by atoms with Crippen molar-refractivity contribution in [3.8, 4) is 5.75 Å². The summed E-state index contributed by atoms with van der Waals surface area (Å²) in [5.41, 5.74) is 2.10. The zero-order valence-electron chi connectivity index (χ0n) is 10.1. The maximum absolute atomic E-state index is 11.1. The van der Waals surface area contributed by atoms with Gasteiger partial charge in [-0.1, -0.05) is 12.1 Å². The minimum atomic E-state index is -0.737. The highest BCUT2D eigenvalue weighted by atomic mass is 16.5. The molecule has 1 aliphatic heterocycles. The number of carboxylic acids is 1. The van der Waals surface area contributed by atoms with Crippen LogP contribution in [0.2, 0.25) is 0 Å². The number of carbonyl (C=O) groups is 1. The van der Waals surface area contributed by atoms with E-state index >= 15 is 0 Å². The fourth-order valence-corrected chi connectivity index (χ4v) is 2.36. The Morgan fingerprint density at radius 3 is 2.88 bits per heavy atom. The van der Waals surface area contributed by atoms with Crippen molar-refractivity contribution in [1.82, 2.24) is 5.32 Å². The molecule has 1 aromatic rings. The number of rotatable bonds is 3. The third-order valence-corrected chi connectivity index (χ3v) is 3.39. The molecule has 2 rings (SSSR count). The fraction of sp³-hybridized carbons (Fsp3) is 0.462. The van der Waals surface area contributed by atoms with Gasteiger partial charge in [-0.15, -0.1) is 0 Å². The van der Waals surface area contributed by atoms with Crippen LogP contribution in [-0.2, 0) is 4.79 Å². The molecular formula is C13H17NO3. The van der Waals surface area contributed by atoms with Crippen LogP contribution in [0.4, 0.5) is 0 Å². The number of hydrogen-bond acceptors (Lipinski definition) is 3. The molecule has 1 saturated heterocycles. The molecule has 0 saturated carbocycles. The molecule has 2 atom stereocenters. The third kappa shape index (κ3) is 2.26. The van der Waals surface area contributed by atoms with Gasteiger partial charge in [0.25, 0.3) is 0 Å². The molecule has 2 unspecified atom stereocenters. The summed E-state index contributed by atoms with van der Waals surface area (Å²) < 4.78 is 5.27. The molecule has 0 bridgehead atoms. The first-order valence-corrected chi connectivity index (χ1v) is 5.71. The molecule has 1 heterocycles. The maximum Gasteiger partial charge on any atom is 0.308 e. The van der Waals surface area contributed by atoms with Gasteiger partial charge in [-0.05, 0) is 24.1 Å². The molecule has 4 heteroatoms. The summed E-state index contributed by atoms with van der Waals surface area (Å²) in [4.78, 5) is 11.1. The van der Waals surface area contributed by atoms with Gasteiger partial charge in [0.05, 0.1) is 13.0 Å². The Kier molecular flexibility index (Phi) is 3.33. The summed E-state index contributed by atoms with van der Waals surface area (Å²) in [6.45, 7) is 3.23. The van der Waals surface area contributed by atoms with Gasteiger partial charge in [0.2, 0.25) is 0 Å². The summed E-state index contributed by atoms with van der Waals surface area (Å²) in [6, 6.07) is 5.92. The molecule has 92 valence electrons. The van der Waals surface area contributed by atoms with E-state index in [-0.39, 0.29) is 11.8 Å². The second-order valence-corrected chi connectivity index (χ2v) is 4.44. The highest BCUT2D eigenvalue weighted by Crippen LogP contribution is 2.31. The van der Waals surface area contributed by atoms with Crippen molar-refractivity contribution < 1.29 is 14.6 Å². The Morgan fingerprint density at radius 2 is 2.24 bits per heavy atom. The molecule has 4 nitrogen and oxygen atoms in total. The predicted octanol–water partition coefficient (Wildman–Crippen LogP) is 1.39. The number of ether oxygens (including phenoxy) is 1. The third-order valence-electron chi connectivity index (χ3n) is 3.39. The zero-order valence-corrected chi connectivity index (χ0v) is 10.1. The molecular weight excluding hydrogens is 218 g/mol. The van der Waals surface area contributed by atoms with E-state index in [2.05, 4.69) is 5.32 Å². The van der Waals surface area contributed by atoms with Crippen molar-refractivity contribution >= 4 is 5.97 Å². The first-order chi connectivity index (χ1) is 8.13. The van der Waals surface area contributed by atoms with Gasteiger partial charge in [-0.3, -0.25) is 4.79 Å². The minimum Gasteiger partial charge on any atom is -0.496 e. The van der Waals surface area contributed by atoms with Gasteiger partial charge in [0.15, 0.2) is 0 Å². The number of carboxylic acid groups (broad SMARTS) is 1. The van der Waals surface area contributed by atoms with Crippen molar-refractivity contribution in [2.24, 2.45) is 5.92 Å². The molecule has 0 aromatic heterocycles. The summed E-state index contributed by atoms with van der Waals surface area (Å²) in [7, 11) is 1.63. The van der Waals surface area contributed by atoms with Crippen LogP contribution < -0.4 is 10.1 Å². The van der Waals surface area contributed by atoms with E-state index in [0.717, 1.165) is 16.9 Å². The SMILES string of the molecule is COc1cc(C2CNCC2C(=O)O)ccc1C. The van der Waals surface area contributed by atoms with E-state index in [1.807, 2.05) is 25.1 Å². The molecule has 2 N–H and O–H groups in total. The first kappa shape index (κ1) is 11.9.